The zero-order chi connectivity index (χ0) is 14.2. The molecule has 0 bridgehead atoms. The fourth-order valence-electron chi connectivity index (χ4n) is 1.45. The quantitative estimate of drug-likeness (QED) is 0.475. The van der Waals surface area contributed by atoms with Crippen molar-refractivity contribution in [2.45, 2.75) is 40.2 Å². The molecular formula is C11H21O6P. The summed E-state index contributed by atoms with van der Waals surface area (Å²) in [5.41, 5.74) is 0. The summed E-state index contributed by atoms with van der Waals surface area (Å²) in [7, 11) is -3.36. The molecule has 18 heavy (non-hydrogen) atoms. The topological polar surface area (TPSA) is 78.9 Å². The van der Waals surface area contributed by atoms with Crippen molar-refractivity contribution in [2.24, 2.45) is 0 Å². The predicted molar refractivity (Wildman–Crippen MR) is 66.6 cm³/mol. The Balaban J connectivity index is 4.34. The van der Waals surface area contributed by atoms with Crippen molar-refractivity contribution in [3.05, 3.63) is 0 Å². The van der Waals surface area contributed by atoms with Crippen LogP contribution in [0, 0.1) is 0 Å². The Kier molecular flexibility index (Phi) is 8.07. The van der Waals surface area contributed by atoms with Gasteiger partial charge in [0.15, 0.2) is 0 Å². The molecule has 1 unspecified atom stereocenters. The van der Waals surface area contributed by atoms with E-state index in [4.69, 9.17) is 13.8 Å². The number of esters is 1. The summed E-state index contributed by atoms with van der Waals surface area (Å²) in [6.07, 6.45) is -0.823. The van der Waals surface area contributed by atoms with Gasteiger partial charge in [0.2, 0.25) is 0 Å². The first kappa shape index (κ1) is 17.3. The van der Waals surface area contributed by atoms with Crippen LogP contribution in [0.5, 0.6) is 0 Å². The highest BCUT2D eigenvalue weighted by atomic mass is 31.2. The molecule has 0 spiro atoms. The average molecular weight is 280 g/mol. The summed E-state index contributed by atoms with van der Waals surface area (Å²) in [6.45, 7) is 6.65. The van der Waals surface area contributed by atoms with Crippen LogP contribution in [0.25, 0.3) is 0 Å². The molecule has 0 radical (unpaired) electrons. The van der Waals surface area contributed by atoms with E-state index in [1.54, 1.807) is 20.8 Å². The molecule has 0 saturated carbocycles. The normalized spacial score (nSPS) is 13.1. The van der Waals surface area contributed by atoms with Gasteiger partial charge in [0.25, 0.3) is 0 Å². The van der Waals surface area contributed by atoms with Crippen molar-refractivity contribution in [1.29, 1.82) is 0 Å². The highest BCUT2D eigenvalue weighted by Crippen LogP contribution is 2.48. The van der Waals surface area contributed by atoms with Gasteiger partial charge in [0, 0.05) is 13.3 Å². The van der Waals surface area contributed by atoms with Crippen LogP contribution >= 0.6 is 7.60 Å². The van der Waals surface area contributed by atoms with E-state index >= 15 is 0 Å². The Labute approximate surface area is 108 Å². The number of carbonyl (C=O) groups excluding carboxylic acids is 2. The molecule has 6 nitrogen and oxygen atoms in total. The lowest BCUT2D eigenvalue weighted by atomic mass is 10.2. The second-order valence-electron chi connectivity index (χ2n) is 3.77. The third-order valence-electron chi connectivity index (χ3n) is 1.90. The third kappa shape index (κ3) is 7.58. The van der Waals surface area contributed by atoms with Gasteiger partial charge < -0.3 is 13.8 Å². The van der Waals surface area contributed by atoms with Crippen molar-refractivity contribution in [1.82, 2.24) is 0 Å². The Morgan fingerprint density at radius 3 is 2.06 bits per heavy atom. The van der Waals surface area contributed by atoms with Gasteiger partial charge in [-0.2, -0.15) is 0 Å². The number of hydrogen-bond donors (Lipinski definition) is 0. The number of ether oxygens (including phenoxy) is 1. The molecule has 0 aliphatic rings. The van der Waals surface area contributed by atoms with Crippen LogP contribution in [0.1, 0.15) is 34.1 Å². The minimum atomic E-state index is -3.36. The molecule has 0 aromatic rings. The molecule has 0 fully saturated rings. The summed E-state index contributed by atoms with van der Waals surface area (Å²) in [4.78, 5) is 22.4. The van der Waals surface area contributed by atoms with E-state index in [-0.39, 0.29) is 31.6 Å². The van der Waals surface area contributed by atoms with Gasteiger partial charge in [0.1, 0.15) is 18.0 Å². The summed E-state index contributed by atoms with van der Waals surface area (Å²) in [5, 5.41) is 0. The molecule has 0 rings (SSSR count). The lowest BCUT2D eigenvalue weighted by molar-refractivity contribution is -0.146. The van der Waals surface area contributed by atoms with Crippen molar-refractivity contribution in [2.75, 3.05) is 19.4 Å². The monoisotopic (exact) mass is 280 g/mol. The maximum Gasteiger partial charge on any atom is 0.338 e. The molecule has 1 atom stereocenters. The minimum Gasteiger partial charge on any atom is -0.462 e. The highest BCUT2D eigenvalue weighted by molar-refractivity contribution is 7.54. The fraction of sp³-hybridized carbons (Fsp3) is 0.818. The lowest BCUT2D eigenvalue weighted by Gasteiger charge is -2.17. The third-order valence-corrected chi connectivity index (χ3v) is 3.95. The molecular weight excluding hydrogens is 259 g/mol. The molecule has 0 saturated heterocycles. The van der Waals surface area contributed by atoms with Crippen LogP contribution in [-0.2, 0) is 27.9 Å². The molecule has 0 aliphatic carbocycles. The summed E-state index contributed by atoms with van der Waals surface area (Å²) in [5.74, 6) is -0.762. The Bertz CT molecular complexity index is 317. The van der Waals surface area contributed by atoms with Crippen LogP contribution in [0.3, 0.4) is 0 Å². The molecule has 0 aromatic carbocycles. The standard InChI is InChI=1S/C11H21O6P/c1-5-15-18(14,16-6-2)8-11(13)7-9(3)17-10(4)12/h9H,5-8H2,1-4H3. The molecule has 0 amide bonds. The maximum absolute atomic E-state index is 12.1. The van der Waals surface area contributed by atoms with E-state index in [0.29, 0.717) is 0 Å². The number of carbonyl (C=O) groups is 2. The van der Waals surface area contributed by atoms with Crippen LogP contribution in [0.2, 0.25) is 0 Å². The molecule has 0 N–H and O–H groups in total. The summed E-state index contributed by atoms with van der Waals surface area (Å²) in [6, 6.07) is 0. The second-order valence-corrected chi connectivity index (χ2v) is 5.82. The molecule has 7 heteroatoms. The number of rotatable bonds is 9. The van der Waals surface area contributed by atoms with Gasteiger partial charge in [-0.15, -0.1) is 0 Å². The Morgan fingerprint density at radius 2 is 1.67 bits per heavy atom. The summed E-state index contributed by atoms with van der Waals surface area (Å²) < 4.78 is 26.9. The van der Waals surface area contributed by atoms with Crippen molar-refractivity contribution in [3.63, 3.8) is 0 Å². The van der Waals surface area contributed by atoms with Gasteiger partial charge in [-0.3, -0.25) is 14.2 Å². The summed E-state index contributed by atoms with van der Waals surface area (Å²) >= 11 is 0. The highest BCUT2D eigenvalue weighted by Gasteiger charge is 2.28. The number of hydrogen-bond acceptors (Lipinski definition) is 6. The van der Waals surface area contributed by atoms with Crippen LogP contribution < -0.4 is 0 Å². The van der Waals surface area contributed by atoms with Crippen LogP contribution in [0.15, 0.2) is 0 Å². The van der Waals surface area contributed by atoms with Gasteiger partial charge in [-0.05, 0) is 20.8 Å². The van der Waals surface area contributed by atoms with Crippen molar-refractivity contribution < 1.29 is 27.9 Å². The van der Waals surface area contributed by atoms with Crippen LogP contribution in [0.4, 0.5) is 0 Å². The Morgan fingerprint density at radius 1 is 1.17 bits per heavy atom. The van der Waals surface area contributed by atoms with Crippen LogP contribution in [-0.4, -0.2) is 37.2 Å². The predicted octanol–water partition coefficient (Wildman–Crippen LogP) is 2.16. The molecule has 106 valence electrons. The SMILES string of the molecule is CCOP(=O)(CC(=O)CC(C)OC(C)=O)OCC. The van der Waals surface area contributed by atoms with E-state index in [1.807, 2.05) is 0 Å². The average Bonchev–Trinajstić information content (AvgIpc) is 2.14. The first-order chi connectivity index (χ1) is 8.33. The first-order valence-corrected chi connectivity index (χ1v) is 7.62. The maximum atomic E-state index is 12.1. The van der Waals surface area contributed by atoms with Gasteiger partial charge in [0.05, 0.1) is 13.2 Å². The first-order valence-electron chi connectivity index (χ1n) is 5.90. The fourth-order valence-corrected chi connectivity index (χ4v) is 3.05. The van der Waals surface area contributed by atoms with E-state index in [9.17, 15) is 14.2 Å². The molecule has 0 heterocycles. The number of Topliss-reactive ketones (excluding diaryl/α,β-unsaturated/α-hetero) is 1. The van der Waals surface area contributed by atoms with Crippen molar-refractivity contribution >= 4 is 19.3 Å². The minimum absolute atomic E-state index is 0.00369. The van der Waals surface area contributed by atoms with E-state index in [1.165, 1.54) is 6.92 Å². The van der Waals surface area contributed by atoms with Gasteiger partial charge in [-0.25, -0.2) is 0 Å². The largest absolute Gasteiger partial charge is 0.462 e. The number of ketones is 1. The lowest BCUT2D eigenvalue weighted by Crippen LogP contribution is -2.19. The smallest absolute Gasteiger partial charge is 0.338 e. The Hall–Kier alpha value is -0.710. The zero-order valence-corrected chi connectivity index (χ0v) is 12.2. The van der Waals surface area contributed by atoms with Gasteiger partial charge in [-0.1, -0.05) is 0 Å². The van der Waals surface area contributed by atoms with Crippen molar-refractivity contribution in [3.8, 4) is 0 Å². The van der Waals surface area contributed by atoms with E-state index < -0.39 is 19.7 Å². The van der Waals surface area contributed by atoms with E-state index in [0.717, 1.165) is 0 Å². The molecule has 0 aromatic heterocycles. The van der Waals surface area contributed by atoms with Gasteiger partial charge >= 0.3 is 13.6 Å². The van der Waals surface area contributed by atoms with E-state index in [2.05, 4.69) is 0 Å². The zero-order valence-electron chi connectivity index (χ0n) is 11.3. The molecule has 0 aliphatic heterocycles. The second kappa shape index (κ2) is 8.40.